The van der Waals surface area contributed by atoms with E-state index in [0.29, 0.717) is 5.92 Å². The first kappa shape index (κ1) is 37.7. The Morgan fingerprint density at radius 1 is 0.446 bits per heavy atom. The van der Waals surface area contributed by atoms with Gasteiger partial charge in [-0.05, 0) is 127 Å². The van der Waals surface area contributed by atoms with Crippen molar-refractivity contribution < 1.29 is 4.42 Å². The van der Waals surface area contributed by atoms with Crippen LogP contribution in [0.3, 0.4) is 0 Å². The quantitative estimate of drug-likeness (QED) is 0.149. The minimum atomic E-state index is 0.249. The van der Waals surface area contributed by atoms with Gasteiger partial charge in [0, 0.05) is 38.4 Å². The van der Waals surface area contributed by atoms with Crippen LogP contribution >= 0.6 is 11.8 Å². The number of anilines is 2. The van der Waals surface area contributed by atoms with Crippen LogP contribution in [0, 0.1) is 0 Å². The topological polar surface area (TPSA) is 16.4 Å². The van der Waals surface area contributed by atoms with E-state index < -0.39 is 0 Å². The van der Waals surface area contributed by atoms with Gasteiger partial charge in [0.1, 0.15) is 11.2 Å². The van der Waals surface area contributed by atoms with Crippen molar-refractivity contribution in [1.82, 2.24) is 0 Å². The monoisotopic (exact) mass is 847 g/mol. The molecular weight excluding hydrogens is 807 g/mol. The first-order chi connectivity index (χ1) is 32.2. The predicted octanol–water partition coefficient (Wildman–Crippen LogP) is 17.4. The Balaban J connectivity index is 0.973. The van der Waals surface area contributed by atoms with Crippen molar-refractivity contribution >= 4 is 66.6 Å². The summed E-state index contributed by atoms with van der Waals surface area (Å²) in [6.45, 7) is 0. The van der Waals surface area contributed by atoms with Gasteiger partial charge < -0.3 is 9.32 Å². The van der Waals surface area contributed by atoms with Crippen LogP contribution in [0.1, 0.15) is 11.5 Å². The van der Waals surface area contributed by atoms with Gasteiger partial charge in [-0.25, -0.2) is 0 Å². The standard InChI is InChI=1S/C62H41NOS/c1-4-12-40(13-5-1)47-27-32-55-58(37-47)64-62-52(43-16-8-3-9-17-43)34-35-57(61(55)62)63(50-30-33-54-53-31-26-48(41-14-6-2-7-15-41)38-59(53)65-60(54)39-50)49-28-24-42(25-29-49)46-23-22-45-21-20-44-18-10-11-19-51(44)56(45)36-46/h1-39,54,60H. The number of allylic oxidation sites excluding steroid dienone is 2. The lowest BCUT2D eigenvalue weighted by Crippen LogP contribution is -2.20. The van der Waals surface area contributed by atoms with Crippen LogP contribution in [-0.2, 0) is 0 Å². The fourth-order valence-corrected chi connectivity index (χ4v) is 11.6. The summed E-state index contributed by atoms with van der Waals surface area (Å²) in [6.07, 6.45) is 7.26. The molecule has 2 nitrogen and oxygen atoms in total. The van der Waals surface area contributed by atoms with Crippen molar-refractivity contribution in [3.8, 4) is 44.5 Å². The molecule has 0 spiro atoms. The second-order valence-electron chi connectivity index (χ2n) is 17.2. The number of furan rings is 1. The first-order valence-electron chi connectivity index (χ1n) is 22.4. The molecule has 2 heterocycles. The summed E-state index contributed by atoms with van der Waals surface area (Å²) in [5.74, 6) is 0.295. The van der Waals surface area contributed by atoms with E-state index in [1.807, 2.05) is 11.8 Å². The smallest absolute Gasteiger partial charge is 0.145 e. The normalized spacial score (nSPS) is 15.4. The summed E-state index contributed by atoms with van der Waals surface area (Å²) in [5.41, 5.74) is 15.8. The van der Waals surface area contributed by atoms with Crippen LogP contribution in [0.5, 0.6) is 0 Å². The zero-order valence-corrected chi connectivity index (χ0v) is 36.3. The van der Waals surface area contributed by atoms with Crippen molar-refractivity contribution in [3.05, 3.63) is 248 Å². The molecule has 306 valence electrons. The van der Waals surface area contributed by atoms with E-state index in [2.05, 4.69) is 242 Å². The molecular formula is C62H41NOS. The zero-order chi connectivity index (χ0) is 42.8. The molecule has 0 saturated heterocycles. The minimum Gasteiger partial charge on any atom is -0.455 e. The summed E-state index contributed by atoms with van der Waals surface area (Å²) in [4.78, 5) is 3.81. The average Bonchev–Trinajstić information content (AvgIpc) is 3.95. The van der Waals surface area contributed by atoms with Crippen molar-refractivity contribution in [2.45, 2.75) is 16.1 Å². The predicted molar refractivity (Wildman–Crippen MR) is 275 cm³/mol. The van der Waals surface area contributed by atoms with Gasteiger partial charge in [-0.1, -0.05) is 176 Å². The minimum absolute atomic E-state index is 0.249. The second kappa shape index (κ2) is 15.4. The van der Waals surface area contributed by atoms with Crippen LogP contribution in [0.15, 0.2) is 252 Å². The Labute approximate surface area is 382 Å². The van der Waals surface area contributed by atoms with Crippen molar-refractivity contribution in [2.75, 3.05) is 4.90 Å². The van der Waals surface area contributed by atoms with Gasteiger partial charge in [0.05, 0.1) is 11.1 Å². The molecule has 0 amide bonds. The number of fused-ring (bicyclic) bond motifs is 9. The Hall–Kier alpha value is -7.85. The van der Waals surface area contributed by atoms with Gasteiger partial charge >= 0.3 is 0 Å². The van der Waals surface area contributed by atoms with E-state index in [9.17, 15) is 0 Å². The van der Waals surface area contributed by atoms with Gasteiger partial charge in [0.15, 0.2) is 0 Å². The Morgan fingerprint density at radius 3 is 1.82 bits per heavy atom. The fourth-order valence-electron chi connectivity index (χ4n) is 10.2. The molecule has 1 aromatic heterocycles. The molecule has 13 rings (SSSR count). The highest BCUT2D eigenvalue weighted by Crippen LogP contribution is 2.52. The van der Waals surface area contributed by atoms with E-state index in [1.165, 1.54) is 54.3 Å². The molecule has 1 aliphatic carbocycles. The molecule has 0 N–H and O–H groups in total. The molecule has 1 aliphatic heterocycles. The summed E-state index contributed by atoms with van der Waals surface area (Å²) in [5, 5.41) is 7.49. The Bertz CT molecular complexity index is 3680. The zero-order valence-electron chi connectivity index (χ0n) is 35.4. The van der Waals surface area contributed by atoms with Gasteiger partial charge in [-0.2, -0.15) is 0 Å². The number of rotatable bonds is 7. The van der Waals surface area contributed by atoms with Crippen LogP contribution in [0.2, 0.25) is 0 Å². The second-order valence-corrected chi connectivity index (χ2v) is 18.4. The Kier molecular flexibility index (Phi) is 8.95. The summed E-state index contributed by atoms with van der Waals surface area (Å²) >= 11 is 1.98. The maximum Gasteiger partial charge on any atom is 0.145 e. The summed E-state index contributed by atoms with van der Waals surface area (Å²) in [7, 11) is 0. The number of hydrogen-bond donors (Lipinski definition) is 0. The fraction of sp³-hybridized carbons (Fsp3) is 0.0323. The van der Waals surface area contributed by atoms with E-state index in [-0.39, 0.29) is 5.25 Å². The van der Waals surface area contributed by atoms with Crippen LogP contribution < -0.4 is 4.90 Å². The first-order valence-corrected chi connectivity index (χ1v) is 23.3. The number of nitrogens with zero attached hydrogens (tertiary/aromatic N) is 1. The molecule has 0 saturated carbocycles. The number of hydrogen-bond acceptors (Lipinski definition) is 3. The van der Waals surface area contributed by atoms with Gasteiger partial charge in [-0.3, -0.25) is 0 Å². The summed E-state index contributed by atoms with van der Waals surface area (Å²) < 4.78 is 7.05. The maximum absolute atomic E-state index is 7.05. The van der Waals surface area contributed by atoms with Gasteiger partial charge in [0.2, 0.25) is 0 Å². The molecule has 11 aromatic rings. The van der Waals surface area contributed by atoms with Crippen LogP contribution in [0.25, 0.3) is 88.0 Å². The van der Waals surface area contributed by atoms with Crippen molar-refractivity contribution in [1.29, 1.82) is 0 Å². The lowest BCUT2D eigenvalue weighted by molar-refractivity contribution is 0.670. The molecule has 0 fully saturated rings. The molecule has 3 heteroatoms. The van der Waals surface area contributed by atoms with Crippen molar-refractivity contribution in [3.63, 3.8) is 0 Å². The van der Waals surface area contributed by atoms with Gasteiger partial charge in [-0.15, -0.1) is 11.8 Å². The molecule has 2 atom stereocenters. The molecule has 10 aromatic carbocycles. The van der Waals surface area contributed by atoms with E-state index >= 15 is 0 Å². The highest BCUT2D eigenvalue weighted by Gasteiger charge is 2.34. The highest BCUT2D eigenvalue weighted by molar-refractivity contribution is 8.00. The molecule has 0 radical (unpaired) electrons. The highest BCUT2D eigenvalue weighted by atomic mass is 32.2. The third kappa shape index (κ3) is 6.50. The average molecular weight is 848 g/mol. The van der Waals surface area contributed by atoms with Crippen LogP contribution in [0.4, 0.5) is 11.4 Å². The van der Waals surface area contributed by atoms with Gasteiger partial charge in [0.25, 0.3) is 0 Å². The third-order valence-electron chi connectivity index (χ3n) is 13.4. The largest absolute Gasteiger partial charge is 0.455 e. The molecule has 2 aliphatic rings. The lowest BCUT2D eigenvalue weighted by Gasteiger charge is -2.31. The SMILES string of the molecule is C1=CC2c3ccc(-c4ccccc4)cc3SC2C=C1N(c1ccc(-c2ccc3ccc4ccccc4c3c2)cc1)c1ccc(-c2ccccc2)c2oc3cc(-c4ccccc4)ccc3c12. The van der Waals surface area contributed by atoms with E-state index in [0.717, 1.165) is 61.3 Å². The Morgan fingerprint density at radius 2 is 1.05 bits per heavy atom. The summed E-state index contributed by atoms with van der Waals surface area (Å²) in [6, 6.07) is 79.3. The molecule has 0 bridgehead atoms. The maximum atomic E-state index is 7.05. The van der Waals surface area contributed by atoms with E-state index in [1.54, 1.807) is 0 Å². The third-order valence-corrected chi connectivity index (χ3v) is 14.7. The molecule has 2 unspecified atom stereocenters. The number of thioether (sulfide) groups is 1. The lowest BCUT2D eigenvalue weighted by atomic mass is 9.90. The van der Waals surface area contributed by atoms with Crippen molar-refractivity contribution in [2.24, 2.45) is 0 Å². The number of benzene rings is 10. The van der Waals surface area contributed by atoms with Crippen LogP contribution in [-0.4, -0.2) is 5.25 Å². The van der Waals surface area contributed by atoms with E-state index in [4.69, 9.17) is 4.42 Å². The molecule has 65 heavy (non-hydrogen) atoms.